The highest BCUT2D eigenvalue weighted by Gasteiger charge is 2.27. The lowest BCUT2D eigenvalue weighted by atomic mass is 10.1. The van der Waals surface area contributed by atoms with Crippen molar-refractivity contribution in [2.45, 2.75) is 33.2 Å². The van der Waals surface area contributed by atoms with E-state index in [-0.39, 0.29) is 18.0 Å². The van der Waals surface area contributed by atoms with E-state index in [1.807, 2.05) is 39.0 Å². The lowest BCUT2D eigenvalue weighted by molar-refractivity contribution is 0.0527. The van der Waals surface area contributed by atoms with Crippen molar-refractivity contribution in [2.24, 2.45) is 0 Å². The average molecular weight is 377 g/mol. The largest absolute Gasteiger partial charge is 0.462 e. The summed E-state index contributed by atoms with van der Waals surface area (Å²) in [4.78, 5) is 12.1. The van der Waals surface area contributed by atoms with Gasteiger partial charge in [-0.15, -0.1) is 0 Å². The van der Waals surface area contributed by atoms with E-state index in [1.165, 1.54) is 17.0 Å². The Kier molecular flexibility index (Phi) is 5.86. The van der Waals surface area contributed by atoms with Crippen LogP contribution in [0.3, 0.4) is 0 Å². The number of rotatable bonds is 6. The van der Waals surface area contributed by atoms with E-state index in [0.717, 1.165) is 11.0 Å². The van der Waals surface area contributed by atoms with E-state index in [9.17, 15) is 13.2 Å². The van der Waals surface area contributed by atoms with Gasteiger partial charge in [-0.05, 0) is 39.3 Å². The first-order valence-electron chi connectivity index (χ1n) is 8.15. The highest BCUT2D eigenvalue weighted by Crippen LogP contribution is 2.25. The molecule has 1 N–H and O–H groups in total. The van der Waals surface area contributed by atoms with E-state index >= 15 is 0 Å². The quantitative estimate of drug-likeness (QED) is 0.781. The monoisotopic (exact) mass is 377 g/mol. The Morgan fingerprint density at radius 1 is 1.27 bits per heavy atom. The van der Waals surface area contributed by atoms with Crippen LogP contribution in [0.15, 0.2) is 41.9 Å². The number of carbonyl (C=O) groups is 1. The van der Waals surface area contributed by atoms with Gasteiger partial charge in [-0.25, -0.2) is 17.9 Å². The number of anilines is 1. The first kappa shape index (κ1) is 19.7. The van der Waals surface area contributed by atoms with Crippen LogP contribution < -0.4 is 4.72 Å². The molecule has 0 unspecified atom stereocenters. The number of carbonyl (C=O) groups excluding carboxylic acids is 1. The Hall–Kier alpha value is -2.61. The summed E-state index contributed by atoms with van der Waals surface area (Å²) in [5, 5.41) is 5.21. The smallest absolute Gasteiger partial charge is 0.343 e. The third kappa shape index (κ3) is 4.95. The van der Waals surface area contributed by atoms with Crippen molar-refractivity contribution in [2.75, 3.05) is 11.3 Å². The standard InChI is InChI=1S/C18H23N3O4S/c1-5-25-17(22)15-13-19-21(18(2,3)4)16(15)20-26(23,24)12-11-14-9-7-6-8-10-14/h6-13,20H,5H2,1-4H3/b12-11+. The van der Waals surface area contributed by atoms with E-state index in [1.54, 1.807) is 19.1 Å². The second-order valence-corrected chi connectivity index (χ2v) is 8.14. The molecule has 1 aromatic carbocycles. The summed E-state index contributed by atoms with van der Waals surface area (Å²) in [5.74, 6) is -0.554. The molecule has 26 heavy (non-hydrogen) atoms. The van der Waals surface area contributed by atoms with Crippen molar-refractivity contribution in [3.05, 3.63) is 53.1 Å². The van der Waals surface area contributed by atoms with Gasteiger partial charge >= 0.3 is 5.97 Å². The number of esters is 1. The molecule has 2 rings (SSSR count). The number of nitrogens with one attached hydrogen (secondary N) is 1. The number of aromatic nitrogens is 2. The fourth-order valence-corrected chi connectivity index (χ4v) is 3.08. The zero-order valence-corrected chi connectivity index (χ0v) is 16.1. The molecule has 1 heterocycles. The number of hydrogen-bond acceptors (Lipinski definition) is 5. The number of hydrogen-bond donors (Lipinski definition) is 1. The Labute approximate surface area is 153 Å². The van der Waals surface area contributed by atoms with Crippen LogP contribution in [0.2, 0.25) is 0 Å². The van der Waals surface area contributed by atoms with Gasteiger partial charge in [-0.1, -0.05) is 30.3 Å². The van der Waals surface area contributed by atoms with Gasteiger partial charge in [0.2, 0.25) is 0 Å². The molecule has 2 aromatic rings. The Balaban J connectivity index is 2.38. The highest BCUT2D eigenvalue weighted by atomic mass is 32.2. The number of sulfonamides is 1. The van der Waals surface area contributed by atoms with Crippen molar-refractivity contribution >= 4 is 27.9 Å². The molecule has 1 aromatic heterocycles. The van der Waals surface area contributed by atoms with Crippen molar-refractivity contribution in [1.82, 2.24) is 9.78 Å². The molecule has 0 saturated carbocycles. The average Bonchev–Trinajstić information content (AvgIpc) is 2.97. The van der Waals surface area contributed by atoms with Gasteiger partial charge in [-0.2, -0.15) is 5.10 Å². The second-order valence-electron chi connectivity index (χ2n) is 6.57. The summed E-state index contributed by atoms with van der Waals surface area (Å²) < 4.78 is 33.9. The summed E-state index contributed by atoms with van der Waals surface area (Å²) in [6.07, 6.45) is 2.78. The van der Waals surface area contributed by atoms with E-state index in [0.29, 0.717) is 0 Å². The second kappa shape index (κ2) is 7.74. The molecule has 8 heteroatoms. The van der Waals surface area contributed by atoms with E-state index in [2.05, 4.69) is 9.82 Å². The summed E-state index contributed by atoms with van der Waals surface area (Å²) in [7, 11) is -3.86. The molecular weight excluding hydrogens is 354 g/mol. The Bertz CT molecular complexity index is 894. The minimum absolute atomic E-state index is 0.0680. The third-order valence-electron chi connectivity index (χ3n) is 3.38. The molecule has 0 aliphatic heterocycles. The fraction of sp³-hybridized carbons (Fsp3) is 0.333. The molecule has 0 fully saturated rings. The Morgan fingerprint density at radius 2 is 1.92 bits per heavy atom. The molecule has 0 bridgehead atoms. The summed E-state index contributed by atoms with van der Waals surface area (Å²) in [6.45, 7) is 7.42. The van der Waals surface area contributed by atoms with Gasteiger partial charge in [0.25, 0.3) is 10.0 Å². The van der Waals surface area contributed by atoms with Gasteiger partial charge in [0.05, 0.1) is 23.8 Å². The van der Waals surface area contributed by atoms with Crippen molar-refractivity contribution < 1.29 is 17.9 Å². The molecule has 0 aliphatic rings. The maximum atomic E-state index is 12.5. The normalized spacial score (nSPS) is 12.3. The molecule has 0 saturated heterocycles. The van der Waals surface area contributed by atoms with Crippen LogP contribution in [0.25, 0.3) is 6.08 Å². The molecular formula is C18H23N3O4S. The third-order valence-corrected chi connectivity index (χ3v) is 4.35. The summed E-state index contributed by atoms with van der Waals surface area (Å²) in [5.41, 5.74) is 0.275. The predicted octanol–water partition coefficient (Wildman–Crippen LogP) is 3.23. The fourth-order valence-electron chi connectivity index (χ4n) is 2.21. The van der Waals surface area contributed by atoms with Crippen molar-refractivity contribution in [3.8, 4) is 0 Å². The SMILES string of the molecule is CCOC(=O)c1cnn(C(C)(C)C)c1NS(=O)(=O)/C=C/c1ccccc1. The van der Waals surface area contributed by atoms with Crippen LogP contribution in [0, 0.1) is 0 Å². The van der Waals surface area contributed by atoms with Crippen LogP contribution in [0.4, 0.5) is 5.82 Å². The van der Waals surface area contributed by atoms with Gasteiger partial charge in [-0.3, -0.25) is 4.72 Å². The molecule has 7 nitrogen and oxygen atoms in total. The molecule has 0 aliphatic carbocycles. The van der Waals surface area contributed by atoms with Gasteiger partial charge in [0, 0.05) is 0 Å². The lowest BCUT2D eigenvalue weighted by Crippen LogP contribution is -2.27. The summed E-state index contributed by atoms with van der Waals surface area (Å²) in [6, 6.07) is 9.04. The van der Waals surface area contributed by atoms with E-state index < -0.39 is 21.5 Å². The molecule has 0 amide bonds. The highest BCUT2D eigenvalue weighted by molar-refractivity contribution is 7.95. The van der Waals surface area contributed by atoms with Gasteiger partial charge in [0.1, 0.15) is 5.56 Å². The molecule has 0 radical (unpaired) electrons. The first-order valence-corrected chi connectivity index (χ1v) is 9.70. The number of nitrogens with zero attached hydrogens (tertiary/aromatic N) is 2. The molecule has 140 valence electrons. The number of benzene rings is 1. The number of ether oxygens (including phenoxy) is 1. The van der Waals surface area contributed by atoms with Gasteiger partial charge < -0.3 is 4.74 Å². The topological polar surface area (TPSA) is 90.3 Å². The van der Waals surface area contributed by atoms with Crippen LogP contribution in [-0.2, 0) is 20.3 Å². The van der Waals surface area contributed by atoms with Crippen LogP contribution in [0.1, 0.15) is 43.6 Å². The van der Waals surface area contributed by atoms with E-state index in [4.69, 9.17) is 4.74 Å². The van der Waals surface area contributed by atoms with Crippen LogP contribution in [0.5, 0.6) is 0 Å². The van der Waals surface area contributed by atoms with Gasteiger partial charge in [0.15, 0.2) is 5.82 Å². The maximum Gasteiger partial charge on any atom is 0.343 e. The van der Waals surface area contributed by atoms with Crippen molar-refractivity contribution in [1.29, 1.82) is 0 Å². The first-order chi connectivity index (χ1) is 12.1. The summed E-state index contributed by atoms with van der Waals surface area (Å²) >= 11 is 0. The predicted molar refractivity (Wildman–Crippen MR) is 101 cm³/mol. The van der Waals surface area contributed by atoms with Crippen molar-refractivity contribution in [3.63, 3.8) is 0 Å². The lowest BCUT2D eigenvalue weighted by Gasteiger charge is -2.22. The zero-order chi connectivity index (χ0) is 19.4. The minimum atomic E-state index is -3.86. The Morgan fingerprint density at radius 3 is 2.50 bits per heavy atom. The minimum Gasteiger partial charge on any atom is -0.462 e. The van der Waals surface area contributed by atoms with Crippen LogP contribution in [-0.4, -0.2) is 30.8 Å². The zero-order valence-electron chi connectivity index (χ0n) is 15.3. The maximum absolute atomic E-state index is 12.5. The molecule has 0 spiro atoms. The van der Waals surface area contributed by atoms with Crippen LogP contribution >= 0.6 is 0 Å². The molecule has 0 atom stereocenters.